The van der Waals surface area contributed by atoms with Crippen LogP contribution in [0.4, 0.5) is 0 Å². The Morgan fingerprint density at radius 2 is 1.71 bits per heavy atom. The number of morpholine rings is 1. The number of benzene rings is 2. The predicted octanol–water partition coefficient (Wildman–Crippen LogP) is 2.62. The SMILES string of the molecule is OC(c1ccccc1)[C@H]1CN(Cc2ccccc2)CCO1. The van der Waals surface area contributed by atoms with E-state index in [1.165, 1.54) is 5.56 Å². The molecule has 1 fully saturated rings. The van der Waals surface area contributed by atoms with Crippen molar-refractivity contribution in [1.29, 1.82) is 0 Å². The number of nitrogens with zero attached hydrogens (tertiary/aromatic N) is 1. The van der Waals surface area contributed by atoms with Gasteiger partial charge >= 0.3 is 0 Å². The van der Waals surface area contributed by atoms with Crippen molar-refractivity contribution in [3.63, 3.8) is 0 Å². The van der Waals surface area contributed by atoms with Crippen LogP contribution in [-0.4, -0.2) is 35.8 Å². The molecule has 21 heavy (non-hydrogen) atoms. The van der Waals surface area contributed by atoms with Crippen LogP contribution in [0.25, 0.3) is 0 Å². The quantitative estimate of drug-likeness (QED) is 0.936. The average molecular weight is 283 g/mol. The van der Waals surface area contributed by atoms with Crippen molar-refractivity contribution >= 4 is 0 Å². The lowest BCUT2D eigenvalue weighted by Crippen LogP contribution is -2.44. The van der Waals surface area contributed by atoms with E-state index in [1.54, 1.807) is 0 Å². The van der Waals surface area contributed by atoms with E-state index in [2.05, 4.69) is 29.2 Å². The van der Waals surface area contributed by atoms with Gasteiger partial charge in [-0.05, 0) is 11.1 Å². The van der Waals surface area contributed by atoms with E-state index in [9.17, 15) is 5.11 Å². The Balaban J connectivity index is 1.63. The molecule has 0 bridgehead atoms. The number of hydrogen-bond donors (Lipinski definition) is 1. The van der Waals surface area contributed by atoms with Gasteiger partial charge in [0.05, 0.1) is 6.61 Å². The highest BCUT2D eigenvalue weighted by atomic mass is 16.5. The molecule has 2 aromatic carbocycles. The maximum atomic E-state index is 10.5. The third kappa shape index (κ3) is 3.70. The van der Waals surface area contributed by atoms with E-state index in [0.717, 1.165) is 25.2 Å². The summed E-state index contributed by atoms with van der Waals surface area (Å²) >= 11 is 0. The fraction of sp³-hybridized carbons (Fsp3) is 0.333. The largest absolute Gasteiger partial charge is 0.386 e. The summed E-state index contributed by atoms with van der Waals surface area (Å²) in [5.74, 6) is 0. The third-order valence-electron chi connectivity index (χ3n) is 3.92. The van der Waals surface area contributed by atoms with Gasteiger partial charge in [0.1, 0.15) is 12.2 Å². The first-order chi connectivity index (χ1) is 10.3. The zero-order valence-electron chi connectivity index (χ0n) is 12.1. The van der Waals surface area contributed by atoms with Gasteiger partial charge in [-0.25, -0.2) is 0 Å². The van der Waals surface area contributed by atoms with Crippen molar-refractivity contribution in [3.8, 4) is 0 Å². The normalized spacial score (nSPS) is 21.1. The summed E-state index contributed by atoms with van der Waals surface area (Å²) in [6.45, 7) is 3.24. The van der Waals surface area contributed by atoms with Crippen LogP contribution in [0.15, 0.2) is 60.7 Å². The molecule has 1 aliphatic rings. The molecule has 0 aromatic heterocycles. The molecule has 3 nitrogen and oxygen atoms in total. The van der Waals surface area contributed by atoms with Crippen molar-refractivity contribution < 1.29 is 9.84 Å². The predicted molar refractivity (Wildman–Crippen MR) is 82.9 cm³/mol. The molecule has 3 rings (SSSR count). The van der Waals surface area contributed by atoms with Gasteiger partial charge in [0.25, 0.3) is 0 Å². The Kier molecular flexibility index (Phi) is 4.65. The number of aliphatic hydroxyl groups excluding tert-OH is 1. The molecule has 0 spiro atoms. The van der Waals surface area contributed by atoms with Crippen LogP contribution in [0, 0.1) is 0 Å². The number of rotatable bonds is 4. The molecule has 1 N–H and O–H groups in total. The van der Waals surface area contributed by atoms with Gasteiger partial charge in [-0.3, -0.25) is 4.90 Å². The lowest BCUT2D eigenvalue weighted by Gasteiger charge is -2.35. The molecule has 0 amide bonds. The van der Waals surface area contributed by atoms with Gasteiger partial charge in [-0.2, -0.15) is 0 Å². The minimum Gasteiger partial charge on any atom is -0.386 e. The minimum atomic E-state index is -0.565. The van der Waals surface area contributed by atoms with E-state index in [0.29, 0.717) is 6.61 Å². The van der Waals surface area contributed by atoms with E-state index in [-0.39, 0.29) is 6.10 Å². The summed E-state index contributed by atoms with van der Waals surface area (Å²) in [4.78, 5) is 2.34. The highest BCUT2D eigenvalue weighted by Crippen LogP contribution is 2.22. The summed E-state index contributed by atoms with van der Waals surface area (Å²) in [6, 6.07) is 20.2. The van der Waals surface area contributed by atoms with Crippen LogP contribution >= 0.6 is 0 Å². The first kappa shape index (κ1) is 14.3. The molecular formula is C18H21NO2. The zero-order valence-corrected chi connectivity index (χ0v) is 12.1. The third-order valence-corrected chi connectivity index (χ3v) is 3.92. The first-order valence-electron chi connectivity index (χ1n) is 7.44. The van der Waals surface area contributed by atoms with E-state index in [1.807, 2.05) is 36.4 Å². The monoisotopic (exact) mass is 283 g/mol. The summed E-state index contributed by atoms with van der Waals surface area (Å²) in [7, 11) is 0. The van der Waals surface area contributed by atoms with Gasteiger partial charge in [-0.1, -0.05) is 60.7 Å². The van der Waals surface area contributed by atoms with Crippen LogP contribution in [0.5, 0.6) is 0 Å². The molecule has 1 unspecified atom stereocenters. The van der Waals surface area contributed by atoms with Crippen LogP contribution in [0.3, 0.4) is 0 Å². The molecule has 1 saturated heterocycles. The van der Waals surface area contributed by atoms with Gasteiger partial charge in [0, 0.05) is 19.6 Å². The van der Waals surface area contributed by atoms with Gasteiger partial charge in [0.2, 0.25) is 0 Å². The summed E-state index contributed by atoms with van der Waals surface area (Å²) in [5.41, 5.74) is 2.22. The Morgan fingerprint density at radius 1 is 1.05 bits per heavy atom. The second kappa shape index (κ2) is 6.85. The van der Waals surface area contributed by atoms with Crippen molar-refractivity contribution in [2.24, 2.45) is 0 Å². The van der Waals surface area contributed by atoms with Crippen molar-refractivity contribution in [3.05, 3.63) is 71.8 Å². The Hall–Kier alpha value is -1.68. The van der Waals surface area contributed by atoms with Crippen LogP contribution in [0.1, 0.15) is 17.2 Å². The van der Waals surface area contributed by atoms with Crippen LogP contribution in [0.2, 0.25) is 0 Å². The van der Waals surface area contributed by atoms with E-state index in [4.69, 9.17) is 4.74 Å². The van der Waals surface area contributed by atoms with E-state index < -0.39 is 6.10 Å². The maximum Gasteiger partial charge on any atom is 0.106 e. The second-order valence-corrected chi connectivity index (χ2v) is 5.49. The molecule has 1 heterocycles. The molecule has 2 atom stereocenters. The van der Waals surface area contributed by atoms with Crippen LogP contribution < -0.4 is 0 Å². The maximum absolute atomic E-state index is 10.5. The van der Waals surface area contributed by atoms with E-state index >= 15 is 0 Å². The van der Waals surface area contributed by atoms with Gasteiger partial charge < -0.3 is 9.84 Å². The molecular weight excluding hydrogens is 262 g/mol. The summed E-state index contributed by atoms with van der Waals surface area (Å²) in [6.07, 6.45) is -0.727. The Bertz CT molecular complexity index is 544. The smallest absolute Gasteiger partial charge is 0.106 e. The lowest BCUT2D eigenvalue weighted by molar-refractivity contribution is -0.0918. The number of ether oxygens (including phenoxy) is 1. The number of aliphatic hydroxyl groups is 1. The Morgan fingerprint density at radius 3 is 2.43 bits per heavy atom. The lowest BCUT2D eigenvalue weighted by atomic mass is 10.0. The zero-order chi connectivity index (χ0) is 14.5. The molecule has 0 aliphatic carbocycles. The number of hydrogen-bond acceptors (Lipinski definition) is 3. The van der Waals surface area contributed by atoms with Crippen LogP contribution in [-0.2, 0) is 11.3 Å². The molecule has 0 saturated carbocycles. The molecule has 110 valence electrons. The van der Waals surface area contributed by atoms with Crippen molar-refractivity contribution in [2.75, 3.05) is 19.7 Å². The highest BCUT2D eigenvalue weighted by molar-refractivity contribution is 5.19. The summed E-state index contributed by atoms with van der Waals surface area (Å²) in [5, 5.41) is 10.5. The average Bonchev–Trinajstić information content (AvgIpc) is 2.56. The Labute approximate surface area is 125 Å². The molecule has 0 radical (unpaired) electrons. The fourth-order valence-electron chi connectivity index (χ4n) is 2.77. The first-order valence-corrected chi connectivity index (χ1v) is 7.44. The summed E-state index contributed by atoms with van der Waals surface area (Å²) < 4.78 is 5.77. The highest BCUT2D eigenvalue weighted by Gasteiger charge is 2.27. The molecule has 3 heteroatoms. The van der Waals surface area contributed by atoms with Gasteiger partial charge in [0.15, 0.2) is 0 Å². The standard InChI is InChI=1S/C18H21NO2/c20-18(16-9-5-2-6-10-16)17-14-19(11-12-21-17)13-15-7-3-1-4-8-15/h1-10,17-18,20H,11-14H2/t17-,18?/m1/s1. The van der Waals surface area contributed by atoms with Crippen molar-refractivity contribution in [1.82, 2.24) is 4.90 Å². The minimum absolute atomic E-state index is 0.162. The fourth-order valence-corrected chi connectivity index (χ4v) is 2.77. The molecule has 2 aromatic rings. The topological polar surface area (TPSA) is 32.7 Å². The van der Waals surface area contributed by atoms with Gasteiger partial charge in [-0.15, -0.1) is 0 Å². The van der Waals surface area contributed by atoms with Crippen molar-refractivity contribution in [2.45, 2.75) is 18.8 Å². The molecule has 1 aliphatic heterocycles. The second-order valence-electron chi connectivity index (χ2n) is 5.49.